The molecule has 0 heterocycles. The number of carboxylic acid groups (broad SMARTS) is 1. The van der Waals surface area contributed by atoms with Crippen LogP contribution in [0.5, 0.6) is 0 Å². The van der Waals surface area contributed by atoms with Crippen LogP contribution >= 0.6 is 0 Å². The van der Waals surface area contributed by atoms with Crippen LogP contribution in [0.3, 0.4) is 0 Å². The van der Waals surface area contributed by atoms with Crippen molar-refractivity contribution < 1.29 is 9.90 Å². The molecule has 0 aromatic heterocycles. The second kappa shape index (κ2) is 4.99. The number of carboxylic acids is 1. The number of benzene rings is 1. The Labute approximate surface area is 114 Å². The van der Waals surface area contributed by atoms with Crippen molar-refractivity contribution in [2.75, 3.05) is 0 Å². The first-order valence-electron chi connectivity index (χ1n) is 7.54. The summed E-state index contributed by atoms with van der Waals surface area (Å²) in [6.07, 6.45) is 9.36. The van der Waals surface area contributed by atoms with E-state index in [0.29, 0.717) is 0 Å². The van der Waals surface area contributed by atoms with E-state index in [9.17, 15) is 9.90 Å². The highest BCUT2D eigenvalue weighted by molar-refractivity contribution is 5.75. The van der Waals surface area contributed by atoms with Gasteiger partial charge >= 0.3 is 5.97 Å². The maximum atomic E-state index is 11.7. The van der Waals surface area contributed by atoms with E-state index in [0.717, 1.165) is 32.1 Å². The molecule has 0 saturated heterocycles. The number of hydrogen-bond donors (Lipinski definition) is 1. The SMILES string of the molecule is O=C(O)C1(Cc2ccc3c(c2)CCC3)CCCCC1. The number of carbonyl (C=O) groups is 1. The van der Waals surface area contributed by atoms with Gasteiger partial charge in [0.2, 0.25) is 0 Å². The van der Waals surface area contributed by atoms with Crippen molar-refractivity contribution in [1.29, 1.82) is 0 Å². The molecule has 3 rings (SSSR count). The quantitative estimate of drug-likeness (QED) is 0.896. The molecule has 1 aromatic rings. The molecule has 1 aromatic carbocycles. The summed E-state index contributed by atoms with van der Waals surface area (Å²) < 4.78 is 0. The molecule has 1 N–H and O–H groups in total. The zero-order valence-corrected chi connectivity index (χ0v) is 11.5. The number of fused-ring (bicyclic) bond motifs is 1. The molecule has 19 heavy (non-hydrogen) atoms. The fourth-order valence-electron chi connectivity index (χ4n) is 3.82. The van der Waals surface area contributed by atoms with Crippen LogP contribution in [-0.4, -0.2) is 11.1 Å². The Morgan fingerprint density at radius 1 is 1.05 bits per heavy atom. The van der Waals surface area contributed by atoms with E-state index in [4.69, 9.17) is 0 Å². The summed E-state index contributed by atoms with van der Waals surface area (Å²) in [5.41, 5.74) is 3.65. The summed E-state index contributed by atoms with van der Waals surface area (Å²) in [6, 6.07) is 6.64. The van der Waals surface area contributed by atoms with Crippen LogP contribution in [0.25, 0.3) is 0 Å². The van der Waals surface area contributed by atoms with Crippen LogP contribution in [0, 0.1) is 5.41 Å². The van der Waals surface area contributed by atoms with Crippen LogP contribution in [-0.2, 0) is 24.1 Å². The van der Waals surface area contributed by atoms with Crippen LogP contribution in [0.15, 0.2) is 18.2 Å². The Morgan fingerprint density at radius 2 is 1.79 bits per heavy atom. The third-order valence-corrected chi connectivity index (χ3v) is 4.97. The van der Waals surface area contributed by atoms with Crippen molar-refractivity contribution >= 4 is 5.97 Å². The molecule has 0 spiro atoms. The van der Waals surface area contributed by atoms with Gasteiger partial charge in [0.15, 0.2) is 0 Å². The monoisotopic (exact) mass is 258 g/mol. The van der Waals surface area contributed by atoms with Crippen molar-refractivity contribution in [3.8, 4) is 0 Å². The van der Waals surface area contributed by atoms with Gasteiger partial charge in [-0.3, -0.25) is 4.79 Å². The summed E-state index contributed by atoms with van der Waals surface area (Å²) in [5, 5.41) is 9.64. The van der Waals surface area contributed by atoms with Gasteiger partial charge in [0.05, 0.1) is 5.41 Å². The predicted octanol–water partition coefficient (Wildman–Crippen LogP) is 3.75. The number of rotatable bonds is 3. The highest BCUT2D eigenvalue weighted by Gasteiger charge is 2.39. The lowest BCUT2D eigenvalue weighted by Crippen LogP contribution is -2.35. The third kappa shape index (κ3) is 2.41. The molecule has 1 fully saturated rings. The molecule has 2 heteroatoms. The molecule has 1 saturated carbocycles. The van der Waals surface area contributed by atoms with Gasteiger partial charge in [-0.25, -0.2) is 0 Å². The van der Waals surface area contributed by atoms with E-state index in [1.54, 1.807) is 0 Å². The Hall–Kier alpha value is -1.31. The summed E-state index contributed by atoms with van der Waals surface area (Å²) in [5.74, 6) is -0.590. The Kier molecular flexibility index (Phi) is 3.34. The Morgan fingerprint density at radius 3 is 2.53 bits per heavy atom. The van der Waals surface area contributed by atoms with Gasteiger partial charge in [0, 0.05) is 0 Å². The van der Waals surface area contributed by atoms with Gasteiger partial charge in [-0.15, -0.1) is 0 Å². The van der Waals surface area contributed by atoms with E-state index in [1.807, 2.05) is 0 Å². The maximum absolute atomic E-state index is 11.7. The standard InChI is InChI=1S/C17H22O2/c18-16(19)17(9-2-1-3-10-17)12-13-7-8-14-5-4-6-15(14)11-13/h7-8,11H,1-6,9-10,12H2,(H,18,19). The lowest BCUT2D eigenvalue weighted by molar-refractivity contribution is -0.151. The van der Waals surface area contributed by atoms with E-state index in [-0.39, 0.29) is 0 Å². The van der Waals surface area contributed by atoms with Gasteiger partial charge in [-0.2, -0.15) is 0 Å². The average molecular weight is 258 g/mol. The van der Waals surface area contributed by atoms with Gasteiger partial charge in [-0.05, 0) is 55.2 Å². The summed E-state index contributed by atoms with van der Waals surface area (Å²) >= 11 is 0. The maximum Gasteiger partial charge on any atom is 0.309 e. The highest BCUT2D eigenvalue weighted by Crippen LogP contribution is 2.40. The van der Waals surface area contributed by atoms with E-state index >= 15 is 0 Å². The first-order chi connectivity index (χ1) is 9.20. The fourth-order valence-corrected chi connectivity index (χ4v) is 3.82. The second-order valence-corrected chi connectivity index (χ2v) is 6.28. The lowest BCUT2D eigenvalue weighted by Gasteiger charge is -2.33. The number of hydrogen-bond acceptors (Lipinski definition) is 1. The third-order valence-electron chi connectivity index (χ3n) is 4.97. The second-order valence-electron chi connectivity index (χ2n) is 6.28. The molecule has 0 unspecified atom stereocenters. The van der Waals surface area contributed by atoms with Crippen molar-refractivity contribution in [2.24, 2.45) is 5.41 Å². The molecule has 0 bridgehead atoms. The average Bonchev–Trinajstić information content (AvgIpc) is 2.87. The first-order valence-corrected chi connectivity index (χ1v) is 7.54. The van der Waals surface area contributed by atoms with Gasteiger partial charge < -0.3 is 5.11 Å². The minimum atomic E-state index is -0.590. The highest BCUT2D eigenvalue weighted by atomic mass is 16.4. The molecule has 0 radical (unpaired) electrons. The van der Waals surface area contributed by atoms with Crippen molar-refractivity contribution in [2.45, 2.75) is 57.8 Å². The minimum absolute atomic E-state index is 0.495. The molecular formula is C17H22O2. The van der Waals surface area contributed by atoms with E-state index < -0.39 is 11.4 Å². The molecule has 2 aliphatic rings. The predicted molar refractivity (Wildman–Crippen MR) is 75.3 cm³/mol. The Bertz CT molecular complexity index is 484. The van der Waals surface area contributed by atoms with Crippen molar-refractivity contribution in [3.05, 3.63) is 34.9 Å². The molecule has 2 aliphatic carbocycles. The van der Waals surface area contributed by atoms with Crippen molar-refractivity contribution in [1.82, 2.24) is 0 Å². The van der Waals surface area contributed by atoms with Crippen LogP contribution in [0.2, 0.25) is 0 Å². The normalized spacial score (nSPS) is 21.1. The number of aliphatic carboxylic acids is 1. The van der Waals surface area contributed by atoms with Crippen LogP contribution in [0.1, 0.15) is 55.2 Å². The molecular weight excluding hydrogens is 236 g/mol. The first kappa shape index (κ1) is 12.7. The topological polar surface area (TPSA) is 37.3 Å². The molecule has 0 aliphatic heterocycles. The summed E-state index contributed by atoms with van der Waals surface area (Å²) in [7, 11) is 0. The molecule has 0 amide bonds. The van der Waals surface area contributed by atoms with Crippen molar-refractivity contribution in [3.63, 3.8) is 0 Å². The zero-order valence-electron chi connectivity index (χ0n) is 11.5. The zero-order chi connectivity index (χ0) is 13.3. The molecule has 2 nitrogen and oxygen atoms in total. The van der Waals surface area contributed by atoms with E-state index in [2.05, 4.69) is 18.2 Å². The lowest BCUT2D eigenvalue weighted by atomic mass is 9.70. The fraction of sp³-hybridized carbons (Fsp3) is 0.588. The largest absolute Gasteiger partial charge is 0.481 e. The van der Waals surface area contributed by atoms with Gasteiger partial charge in [0.25, 0.3) is 0 Å². The number of aryl methyl sites for hydroxylation is 2. The molecule has 102 valence electrons. The smallest absolute Gasteiger partial charge is 0.309 e. The molecule has 0 atom stereocenters. The Balaban J connectivity index is 1.84. The summed E-state index contributed by atoms with van der Waals surface area (Å²) in [4.78, 5) is 11.7. The van der Waals surface area contributed by atoms with E-state index in [1.165, 1.54) is 42.4 Å². The van der Waals surface area contributed by atoms with Crippen LogP contribution in [0.4, 0.5) is 0 Å². The van der Waals surface area contributed by atoms with Gasteiger partial charge in [-0.1, -0.05) is 37.5 Å². The minimum Gasteiger partial charge on any atom is -0.481 e. The summed E-state index contributed by atoms with van der Waals surface area (Å²) in [6.45, 7) is 0. The van der Waals surface area contributed by atoms with Gasteiger partial charge in [0.1, 0.15) is 0 Å². The van der Waals surface area contributed by atoms with Crippen LogP contribution < -0.4 is 0 Å².